The highest BCUT2D eigenvalue weighted by Crippen LogP contribution is 2.25. The molecule has 0 fully saturated rings. The second-order valence-corrected chi connectivity index (χ2v) is 4.91. The molecule has 0 aromatic heterocycles. The number of nitriles is 1. The molecule has 0 aliphatic rings. The number of aryl methyl sites for hydroxylation is 1. The molecule has 0 saturated carbocycles. The topological polar surface area (TPSA) is 70.2 Å². The van der Waals surface area contributed by atoms with Crippen LogP contribution < -0.4 is 4.90 Å². The predicted molar refractivity (Wildman–Crippen MR) is 81.1 cm³/mol. The second kappa shape index (κ2) is 6.06. The van der Waals surface area contributed by atoms with Gasteiger partial charge in [0.15, 0.2) is 0 Å². The van der Waals surface area contributed by atoms with Gasteiger partial charge in [0.1, 0.15) is 6.07 Å². The molecule has 0 spiro atoms. The zero-order valence-corrected chi connectivity index (χ0v) is 11.9. The number of rotatable bonds is 4. The lowest BCUT2D eigenvalue weighted by atomic mass is 10.1. The Morgan fingerprint density at radius 2 is 1.90 bits per heavy atom. The van der Waals surface area contributed by atoms with E-state index >= 15 is 0 Å². The molecule has 5 heteroatoms. The van der Waals surface area contributed by atoms with Crippen LogP contribution in [0.25, 0.3) is 0 Å². The van der Waals surface area contributed by atoms with Gasteiger partial charge in [0.2, 0.25) is 0 Å². The van der Waals surface area contributed by atoms with E-state index < -0.39 is 4.92 Å². The van der Waals surface area contributed by atoms with Gasteiger partial charge in [-0.05, 0) is 18.6 Å². The Labute approximate surface area is 123 Å². The molecule has 0 aliphatic heterocycles. The average Bonchev–Trinajstić information content (AvgIpc) is 2.48. The molecule has 5 nitrogen and oxygen atoms in total. The van der Waals surface area contributed by atoms with E-state index in [2.05, 4.69) is 0 Å². The van der Waals surface area contributed by atoms with Crippen LogP contribution in [0.5, 0.6) is 0 Å². The monoisotopic (exact) mass is 281 g/mol. The number of nitrogens with zero attached hydrogens (tertiary/aromatic N) is 3. The summed E-state index contributed by atoms with van der Waals surface area (Å²) in [7, 11) is 1.86. The van der Waals surface area contributed by atoms with Crippen LogP contribution in [0, 0.1) is 28.4 Å². The van der Waals surface area contributed by atoms with E-state index in [-0.39, 0.29) is 5.69 Å². The van der Waals surface area contributed by atoms with Crippen molar-refractivity contribution in [2.24, 2.45) is 0 Å². The minimum atomic E-state index is -0.495. The Morgan fingerprint density at radius 1 is 1.24 bits per heavy atom. The van der Waals surface area contributed by atoms with Crippen molar-refractivity contribution in [3.05, 3.63) is 69.3 Å². The largest absolute Gasteiger partial charge is 0.369 e. The van der Waals surface area contributed by atoms with E-state index in [1.54, 1.807) is 6.07 Å². The molecule has 2 aromatic rings. The van der Waals surface area contributed by atoms with Crippen LogP contribution in [0.1, 0.15) is 16.7 Å². The lowest BCUT2D eigenvalue weighted by molar-refractivity contribution is -0.384. The van der Waals surface area contributed by atoms with Crippen molar-refractivity contribution < 1.29 is 4.92 Å². The van der Waals surface area contributed by atoms with Crippen LogP contribution in [0.3, 0.4) is 0 Å². The minimum Gasteiger partial charge on any atom is -0.369 e. The quantitative estimate of drug-likeness (QED) is 0.636. The third kappa shape index (κ3) is 3.37. The smallest absolute Gasteiger partial charge is 0.270 e. The molecule has 0 N–H and O–H groups in total. The summed E-state index contributed by atoms with van der Waals surface area (Å²) in [5.41, 5.74) is 3.22. The maximum absolute atomic E-state index is 10.8. The van der Waals surface area contributed by atoms with Crippen molar-refractivity contribution in [3.63, 3.8) is 0 Å². The number of hydrogen-bond donors (Lipinski definition) is 0. The molecule has 0 bridgehead atoms. The normalized spacial score (nSPS) is 9.95. The molecular formula is C16H15N3O2. The molecule has 0 unspecified atom stereocenters. The van der Waals surface area contributed by atoms with Crippen molar-refractivity contribution in [1.29, 1.82) is 5.26 Å². The molecule has 0 atom stereocenters. The molecule has 0 radical (unpaired) electrons. The van der Waals surface area contributed by atoms with Gasteiger partial charge in [0.05, 0.1) is 16.2 Å². The van der Waals surface area contributed by atoms with Crippen LogP contribution in [-0.2, 0) is 6.54 Å². The summed E-state index contributed by atoms with van der Waals surface area (Å²) >= 11 is 0. The van der Waals surface area contributed by atoms with Crippen molar-refractivity contribution in [3.8, 4) is 6.07 Å². The van der Waals surface area contributed by atoms with Gasteiger partial charge < -0.3 is 4.90 Å². The summed E-state index contributed by atoms with van der Waals surface area (Å²) in [6, 6.07) is 14.5. The van der Waals surface area contributed by atoms with Crippen molar-refractivity contribution >= 4 is 11.4 Å². The lowest BCUT2D eigenvalue weighted by Crippen LogP contribution is -2.17. The summed E-state index contributed by atoms with van der Waals surface area (Å²) in [5.74, 6) is 0. The summed E-state index contributed by atoms with van der Waals surface area (Å²) in [6.45, 7) is 2.66. The van der Waals surface area contributed by atoms with E-state index in [0.717, 1.165) is 5.56 Å². The predicted octanol–water partition coefficient (Wildman–Crippen LogP) is 3.41. The highest BCUT2D eigenvalue weighted by molar-refractivity contribution is 5.62. The maximum atomic E-state index is 10.8. The van der Waals surface area contributed by atoms with E-state index in [1.807, 2.05) is 49.2 Å². The minimum absolute atomic E-state index is 0.0703. The van der Waals surface area contributed by atoms with Gasteiger partial charge >= 0.3 is 0 Å². The number of anilines is 1. The summed E-state index contributed by atoms with van der Waals surface area (Å²) < 4.78 is 0. The van der Waals surface area contributed by atoms with Crippen LogP contribution >= 0.6 is 0 Å². The van der Waals surface area contributed by atoms with Crippen molar-refractivity contribution in [2.45, 2.75) is 13.5 Å². The zero-order chi connectivity index (χ0) is 15.4. The Hall–Kier alpha value is -2.87. The standard InChI is InChI=1S/C16H15N3O2/c1-12-3-5-13(6-4-12)11-18(2)16-8-7-15(19(20)21)9-14(16)10-17/h3-9H,11H2,1-2H3. The zero-order valence-electron chi connectivity index (χ0n) is 11.9. The lowest BCUT2D eigenvalue weighted by Gasteiger charge is -2.20. The van der Waals surface area contributed by atoms with Crippen molar-refractivity contribution in [2.75, 3.05) is 11.9 Å². The van der Waals surface area contributed by atoms with Crippen LogP contribution in [-0.4, -0.2) is 12.0 Å². The molecule has 106 valence electrons. The van der Waals surface area contributed by atoms with E-state index in [0.29, 0.717) is 17.8 Å². The fraction of sp³-hybridized carbons (Fsp3) is 0.188. The fourth-order valence-electron chi connectivity index (χ4n) is 2.11. The molecule has 0 aliphatic carbocycles. The summed E-state index contributed by atoms with van der Waals surface area (Å²) in [5, 5.41) is 19.9. The first-order chi connectivity index (χ1) is 10.0. The third-order valence-corrected chi connectivity index (χ3v) is 3.26. The number of nitro groups is 1. The van der Waals surface area contributed by atoms with E-state index in [1.165, 1.54) is 17.7 Å². The van der Waals surface area contributed by atoms with E-state index in [4.69, 9.17) is 0 Å². The number of nitro benzene ring substituents is 1. The van der Waals surface area contributed by atoms with Crippen molar-refractivity contribution in [1.82, 2.24) is 0 Å². The van der Waals surface area contributed by atoms with Gasteiger partial charge in [-0.15, -0.1) is 0 Å². The van der Waals surface area contributed by atoms with Gasteiger partial charge in [0.25, 0.3) is 5.69 Å². The fourth-order valence-corrected chi connectivity index (χ4v) is 2.11. The molecule has 2 rings (SSSR count). The first-order valence-electron chi connectivity index (χ1n) is 6.46. The Balaban J connectivity index is 2.26. The highest BCUT2D eigenvalue weighted by Gasteiger charge is 2.13. The Morgan fingerprint density at radius 3 is 2.48 bits per heavy atom. The maximum Gasteiger partial charge on any atom is 0.270 e. The van der Waals surface area contributed by atoms with Gasteiger partial charge in [-0.2, -0.15) is 5.26 Å². The number of non-ortho nitro benzene ring substituents is 1. The first kappa shape index (κ1) is 14.5. The second-order valence-electron chi connectivity index (χ2n) is 4.91. The molecule has 21 heavy (non-hydrogen) atoms. The first-order valence-corrected chi connectivity index (χ1v) is 6.46. The average molecular weight is 281 g/mol. The van der Waals surface area contributed by atoms with Crippen LogP contribution in [0.2, 0.25) is 0 Å². The molecule has 0 amide bonds. The third-order valence-electron chi connectivity index (χ3n) is 3.26. The summed E-state index contributed by atoms with van der Waals surface area (Å²) in [4.78, 5) is 12.2. The Bertz CT molecular complexity index is 702. The van der Waals surface area contributed by atoms with Gasteiger partial charge in [-0.3, -0.25) is 10.1 Å². The van der Waals surface area contributed by atoms with Crippen LogP contribution in [0.15, 0.2) is 42.5 Å². The SMILES string of the molecule is Cc1ccc(CN(C)c2ccc([N+](=O)[O-])cc2C#N)cc1. The number of hydrogen-bond acceptors (Lipinski definition) is 4. The molecule has 0 saturated heterocycles. The van der Waals surface area contributed by atoms with Gasteiger partial charge in [0, 0.05) is 25.7 Å². The van der Waals surface area contributed by atoms with Crippen LogP contribution in [0.4, 0.5) is 11.4 Å². The van der Waals surface area contributed by atoms with E-state index in [9.17, 15) is 15.4 Å². The number of benzene rings is 2. The Kier molecular flexibility index (Phi) is 4.19. The van der Waals surface area contributed by atoms with Gasteiger partial charge in [-0.1, -0.05) is 29.8 Å². The molecule has 2 aromatic carbocycles. The highest BCUT2D eigenvalue weighted by atomic mass is 16.6. The molecule has 0 heterocycles. The summed E-state index contributed by atoms with van der Waals surface area (Å²) in [6.07, 6.45) is 0. The van der Waals surface area contributed by atoms with Gasteiger partial charge in [-0.25, -0.2) is 0 Å². The molecular weight excluding hydrogens is 266 g/mol.